The zero-order valence-electron chi connectivity index (χ0n) is 10.5. The van der Waals surface area contributed by atoms with Gasteiger partial charge < -0.3 is 9.66 Å². The Hall–Kier alpha value is 1.51. The Bertz CT molecular complexity index is 254. The van der Waals surface area contributed by atoms with Crippen molar-refractivity contribution < 1.29 is 69.5 Å². The average Bonchev–Trinajstić information content (AvgIpc) is 2.15. The van der Waals surface area contributed by atoms with Gasteiger partial charge in [-0.3, -0.25) is 0 Å². The summed E-state index contributed by atoms with van der Waals surface area (Å²) in [4.78, 5) is 0. The SMILES string of the molecule is CCCCCCC(C(O)CC)S(=O)(=O)[O-].[K+]. The second kappa shape index (κ2) is 10.4. The molecule has 4 nitrogen and oxygen atoms in total. The van der Waals surface area contributed by atoms with Gasteiger partial charge in [0.2, 0.25) is 0 Å². The van der Waals surface area contributed by atoms with Crippen LogP contribution in [-0.2, 0) is 10.1 Å². The first-order valence-corrected chi connectivity index (χ1v) is 7.03. The predicted molar refractivity (Wildman–Crippen MR) is 58.5 cm³/mol. The molecule has 2 atom stereocenters. The van der Waals surface area contributed by atoms with Crippen molar-refractivity contribution in [3.8, 4) is 0 Å². The molecule has 92 valence electrons. The van der Waals surface area contributed by atoms with Gasteiger partial charge in [0.05, 0.1) is 11.4 Å². The summed E-state index contributed by atoms with van der Waals surface area (Å²) in [6, 6.07) is 0. The van der Waals surface area contributed by atoms with Crippen LogP contribution in [0.2, 0.25) is 0 Å². The van der Waals surface area contributed by atoms with Gasteiger partial charge in [0.1, 0.15) is 10.1 Å². The Kier molecular flexibility index (Phi) is 12.9. The molecule has 0 heterocycles. The summed E-state index contributed by atoms with van der Waals surface area (Å²) >= 11 is 0. The van der Waals surface area contributed by atoms with E-state index in [0.717, 1.165) is 19.3 Å². The van der Waals surface area contributed by atoms with Crippen LogP contribution in [0.1, 0.15) is 52.4 Å². The quantitative estimate of drug-likeness (QED) is 0.338. The largest absolute Gasteiger partial charge is 1.00 e. The van der Waals surface area contributed by atoms with Crippen molar-refractivity contribution in [2.75, 3.05) is 0 Å². The topological polar surface area (TPSA) is 77.4 Å². The number of aliphatic hydroxyl groups excluding tert-OH is 1. The first-order valence-electron chi connectivity index (χ1n) is 5.56. The van der Waals surface area contributed by atoms with Gasteiger partial charge in [-0.25, -0.2) is 8.42 Å². The minimum atomic E-state index is -4.36. The Morgan fingerprint density at radius 2 is 1.75 bits per heavy atom. The van der Waals surface area contributed by atoms with E-state index in [4.69, 9.17) is 0 Å². The van der Waals surface area contributed by atoms with Gasteiger partial charge >= 0.3 is 51.4 Å². The van der Waals surface area contributed by atoms with Crippen molar-refractivity contribution in [2.45, 2.75) is 63.7 Å². The Morgan fingerprint density at radius 3 is 2.12 bits per heavy atom. The molecular formula is C10H21KO4S. The third-order valence-electron chi connectivity index (χ3n) is 2.56. The normalized spacial score (nSPS) is 15.2. The minimum Gasteiger partial charge on any atom is -0.748 e. The maximum Gasteiger partial charge on any atom is 1.00 e. The number of hydrogen-bond donors (Lipinski definition) is 1. The van der Waals surface area contributed by atoms with Crippen molar-refractivity contribution in [1.29, 1.82) is 0 Å². The minimum absolute atomic E-state index is 0. The van der Waals surface area contributed by atoms with E-state index in [2.05, 4.69) is 6.92 Å². The molecule has 1 N–H and O–H groups in total. The number of hydrogen-bond acceptors (Lipinski definition) is 4. The van der Waals surface area contributed by atoms with Crippen molar-refractivity contribution in [3.63, 3.8) is 0 Å². The van der Waals surface area contributed by atoms with Crippen molar-refractivity contribution in [3.05, 3.63) is 0 Å². The molecule has 0 aliphatic heterocycles. The summed E-state index contributed by atoms with van der Waals surface area (Å²) in [7, 11) is -4.36. The average molecular weight is 276 g/mol. The molecule has 0 saturated carbocycles. The molecule has 0 aromatic carbocycles. The zero-order valence-corrected chi connectivity index (χ0v) is 14.4. The maximum atomic E-state index is 10.9. The van der Waals surface area contributed by atoms with Gasteiger partial charge in [0.25, 0.3) is 0 Å². The van der Waals surface area contributed by atoms with E-state index in [9.17, 15) is 18.1 Å². The number of aliphatic hydroxyl groups is 1. The first kappa shape index (κ1) is 19.8. The molecular weight excluding hydrogens is 255 g/mol. The predicted octanol–water partition coefficient (Wildman–Crippen LogP) is -1.35. The van der Waals surface area contributed by atoms with E-state index in [1.54, 1.807) is 6.92 Å². The maximum absolute atomic E-state index is 10.9. The Balaban J connectivity index is 0. The van der Waals surface area contributed by atoms with Gasteiger partial charge in [-0.05, 0) is 12.8 Å². The molecule has 0 rings (SSSR count). The molecule has 0 radical (unpaired) electrons. The van der Waals surface area contributed by atoms with E-state index in [-0.39, 0.29) is 57.8 Å². The smallest absolute Gasteiger partial charge is 0.748 e. The van der Waals surface area contributed by atoms with Gasteiger partial charge in [-0.15, -0.1) is 0 Å². The molecule has 0 saturated heterocycles. The first-order chi connectivity index (χ1) is 6.93. The number of rotatable bonds is 8. The molecule has 16 heavy (non-hydrogen) atoms. The van der Waals surface area contributed by atoms with Crippen molar-refractivity contribution in [2.24, 2.45) is 0 Å². The fraction of sp³-hybridized carbons (Fsp3) is 1.00. The zero-order chi connectivity index (χ0) is 11.9. The molecule has 0 amide bonds. The van der Waals surface area contributed by atoms with Crippen molar-refractivity contribution >= 4 is 10.1 Å². The third kappa shape index (κ3) is 8.58. The molecule has 6 heteroatoms. The van der Waals surface area contributed by atoms with Crippen LogP contribution >= 0.6 is 0 Å². The molecule has 0 fully saturated rings. The summed E-state index contributed by atoms with van der Waals surface area (Å²) in [6.07, 6.45) is 3.27. The summed E-state index contributed by atoms with van der Waals surface area (Å²) in [5.74, 6) is 0. The third-order valence-corrected chi connectivity index (χ3v) is 3.85. The summed E-state index contributed by atoms with van der Waals surface area (Å²) < 4.78 is 32.6. The second-order valence-electron chi connectivity index (χ2n) is 3.86. The van der Waals surface area contributed by atoms with E-state index < -0.39 is 21.5 Å². The van der Waals surface area contributed by atoms with Crippen LogP contribution in [0.5, 0.6) is 0 Å². The standard InChI is InChI=1S/C10H22O4S.K/c1-3-5-6-7-8-10(9(11)4-2)15(12,13)14;/h9-11H,3-8H2,1-2H3,(H,12,13,14);/q;+1/p-1. The molecule has 0 aromatic heterocycles. The van der Waals surface area contributed by atoms with Gasteiger partial charge in [-0.1, -0.05) is 39.5 Å². The van der Waals surface area contributed by atoms with Crippen LogP contribution in [0.25, 0.3) is 0 Å². The molecule has 0 aliphatic rings. The summed E-state index contributed by atoms with van der Waals surface area (Å²) in [6.45, 7) is 3.73. The Morgan fingerprint density at radius 1 is 1.19 bits per heavy atom. The van der Waals surface area contributed by atoms with E-state index >= 15 is 0 Å². The molecule has 0 spiro atoms. The van der Waals surface area contributed by atoms with E-state index in [1.807, 2.05) is 0 Å². The molecule has 0 aliphatic carbocycles. The van der Waals surface area contributed by atoms with Crippen LogP contribution in [0.3, 0.4) is 0 Å². The van der Waals surface area contributed by atoms with Crippen molar-refractivity contribution in [1.82, 2.24) is 0 Å². The second-order valence-corrected chi connectivity index (χ2v) is 5.45. The summed E-state index contributed by atoms with van der Waals surface area (Å²) in [5, 5.41) is 8.31. The van der Waals surface area contributed by atoms with E-state index in [0.29, 0.717) is 12.8 Å². The summed E-state index contributed by atoms with van der Waals surface area (Å²) in [5.41, 5.74) is 0. The number of unbranched alkanes of at least 4 members (excludes halogenated alkanes) is 3. The van der Waals surface area contributed by atoms with Crippen LogP contribution < -0.4 is 51.4 Å². The molecule has 0 aromatic rings. The molecule has 0 bridgehead atoms. The van der Waals surface area contributed by atoms with Gasteiger partial charge in [0, 0.05) is 0 Å². The van der Waals surface area contributed by atoms with E-state index in [1.165, 1.54) is 0 Å². The fourth-order valence-corrected chi connectivity index (χ4v) is 2.60. The van der Waals surface area contributed by atoms with Crippen LogP contribution in [0, 0.1) is 0 Å². The van der Waals surface area contributed by atoms with Gasteiger partial charge in [0.15, 0.2) is 0 Å². The molecule has 2 unspecified atom stereocenters. The monoisotopic (exact) mass is 276 g/mol. The Labute approximate surface area is 141 Å². The fourth-order valence-electron chi connectivity index (χ4n) is 1.56. The van der Waals surface area contributed by atoms with Crippen LogP contribution in [0.15, 0.2) is 0 Å². The van der Waals surface area contributed by atoms with Gasteiger partial charge in [-0.2, -0.15) is 0 Å². The van der Waals surface area contributed by atoms with Crippen LogP contribution in [-0.4, -0.2) is 29.4 Å². The van der Waals surface area contributed by atoms with Crippen LogP contribution in [0.4, 0.5) is 0 Å².